The summed E-state index contributed by atoms with van der Waals surface area (Å²) >= 11 is 6.31. The highest BCUT2D eigenvalue weighted by Crippen LogP contribution is 2.36. The van der Waals surface area contributed by atoms with E-state index >= 15 is 0 Å². The molecule has 1 aromatic carbocycles. The van der Waals surface area contributed by atoms with Crippen molar-refractivity contribution in [2.75, 3.05) is 34.0 Å². The van der Waals surface area contributed by atoms with Crippen LogP contribution in [0.2, 0.25) is 5.02 Å². The molecule has 0 atom stereocenters. The zero-order valence-corrected chi connectivity index (χ0v) is 14.0. The quantitative estimate of drug-likeness (QED) is 0.633. The Balaban J connectivity index is 2.61. The Kier molecular flexibility index (Phi) is 9.22. The number of hydrogen-bond donors (Lipinski definition) is 1. The van der Waals surface area contributed by atoms with E-state index < -0.39 is 0 Å². The van der Waals surface area contributed by atoms with Gasteiger partial charge < -0.3 is 19.5 Å². The SMILES string of the molecule is CCCNCc1cc(Cl)c(OCCCCOC)c(OC)c1. The van der Waals surface area contributed by atoms with E-state index in [-0.39, 0.29) is 0 Å². The molecule has 0 aromatic heterocycles. The van der Waals surface area contributed by atoms with Gasteiger partial charge in [0.05, 0.1) is 18.7 Å². The fourth-order valence-corrected chi connectivity index (χ4v) is 2.24. The van der Waals surface area contributed by atoms with Crippen LogP contribution in [0.1, 0.15) is 31.7 Å². The predicted molar refractivity (Wildman–Crippen MR) is 86.6 cm³/mol. The van der Waals surface area contributed by atoms with Crippen LogP contribution in [0.15, 0.2) is 12.1 Å². The molecule has 1 N–H and O–H groups in total. The number of ether oxygens (including phenoxy) is 3. The van der Waals surface area contributed by atoms with Crippen LogP contribution in [0.3, 0.4) is 0 Å². The van der Waals surface area contributed by atoms with Crippen molar-refractivity contribution in [1.82, 2.24) is 5.32 Å². The molecule has 0 fully saturated rings. The first-order valence-corrected chi connectivity index (χ1v) is 7.79. The lowest BCUT2D eigenvalue weighted by Gasteiger charge is -2.14. The standard InChI is InChI=1S/C16H26ClNO3/c1-4-7-18-12-13-10-14(17)16(15(11-13)20-3)21-9-6-5-8-19-2/h10-11,18H,4-9,12H2,1-3H3. The van der Waals surface area contributed by atoms with Crippen molar-refractivity contribution in [2.45, 2.75) is 32.7 Å². The molecule has 1 aromatic rings. The van der Waals surface area contributed by atoms with Crippen LogP contribution in [0.4, 0.5) is 0 Å². The summed E-state index contributed by atoms with van der Waals surface area (Å²) in [6.07, 6.45) is 3.00. The van der Waals surface area contributed by atoms with Gasteiger partial charge >= 0.3 is 0 Å². The smallest absolute Gasteiger partial charge is 0.179 e. The van der Waals surface area contributed by atoms with Gasteiger partial charge in [0.1, 0.15) is 0 Å². The summed E-state index contributed by atoms with van der Waals surface area (Å²) in [7, 11) is 3.33. The summed E-state index contributed by atoms with van der Waals surface area (Å²) in [5.41, 5.74) is 1.09. The van der Waals surface area contributed by atoms with Crippen molar-refractivity contribution >= 4 is 11.6 Å². The Morgan fingerprint density at radius 3 is 2.57 bits per heavy atom. The molecule has 0 bridgehead atoms. The molecule has 1 rings (SSSR count). The molecule has 0 radical (unpaired) electrons. The van der Waals surface area contributed by atoms with Gasteiger partial charge in [0.25, 0.3) is 0 Å². The highest BCUT2D eigenvalue weighted by atomic mass is 35.5. The molecule has 21 heavy (non-hydrogen) atoms. The number of rotatable bonds is 11. The molecule has 120 valence electrons. The summed E-state index contributed by atoms with van der Waals surface area (Å²) in [5, 5.41) is 3.94. The normalized spacial score (nSPS) is 10.7. The summed E-state index contributed by atoms with van der Waals surface area (Å²) in [6.45, 7) is 5.25. The Hall–Kier alpha value is -0.970. The van der Waals surface area contributed by atoms with Gasteiger partial charge in [-0.1, -0.05) is 18.5 Å². The topological polar surface area (TPSA) is 39.7 Å². The maximum absolute atomic E-state index is 6.31. The van der Waals surface area contributed by atoms with E-state index in [9.17, 15) is 0 Å². The molecule has 0 saturated carbocycles. The Morgan fingerprint density at radius 2 is 1.90 bits per heavy atom. The van der Waals surface area contributed by atoms with Crippen LogP contribution in [0, 0.1) is 0 Å². The summed E-state index contributed by atoms with van der Waals surface area (Å²) < 4.78 is 16.2. The van der Waals surface area contributed by atoms with Gasteiger partial charge in [-0.05, 0) is 43.5 Å². The number of nitrogens with one attached hydrogen (secondary N) is 1. The molecule has 5 heteroatoms. The number of benzene rings is 1. The second-order valence-electron chi connectivity index (χ2n) is 4.83. The zero-order chi connectivity index (χ0) is 15.5. The molecule has 0 saturated heterocycles. The molecule has 0 aliphatic carbocycles. The lowest BCUT2D eigenvalue weighted by molar-refractivity contribution is 0.183. The molecule has 0 unspecified atom stereocenters. The number of hydrogen-bond acceptors (Lipinski definition) is 4. The predicted octanol–water partition coefficient (Wildman–Crippen LogP) is 3.65. The van der Waals surface area contributed by atoms with Gasteiger partial charge in [-0.15, -0.1) is 0 Å². The number of unbranched alkanes of at least 4 members (excludes halogenated alkanes) is 1. The highest BCUT2D eigenvalue weighted by molar-refractivity contribution is 6.32. The van der Waals surface area contributed by atoms with Crippen molar-refractivity contribution in [3.63, 3.8) is 0 Å². The lowest BCUT2D eigenvalue weighted by atomic mass is 10.2. The summed E-state index contributed by atoms with van der Waals surface area (Å²) in [5.74, 6) is 1.30. The van der Waals surface area contributed by atoms with Crippen molar-refractivity contribution in [1.29, 1.82) is 0 Å². The largest absolute Gasteiger partial charge is 0.493 e. The second-order valence-corrected chi connectivity index (χ2v) is 5.24. The van der Waals surface area contributed by atoms with Gasteiger partial charge in [0.2, 0.25) is 0 Å². The molecular formula is C16H26ClNO3. The third kappa shape index (κ3) is 6.55. The van der Waals surface area contributed by atoms with Crippen LogP contribution in [-0.4, -0.2) is 34.0 Å². The minimum atomic E-state index is 0.592. The number of methoxy groups -OCH3 is 2. The zero-order valence-electron chi connectivity index (χ0n) is 13.2. The molecule has 0 aliphatic rings. The van der Waals surface area contributed by atoms with Crippen molar-refractivity contribution < 1.29 is 14.2 Å². The van der Waals surface area contributed by atoms with Gasteiger partial charge in [-0.3, -0.25) is 0 Å². The second kappa shape index (κ2) is 10.7. The van der Waals surface area contributed by atoms with E-state index in [1.165, 1.54) is 0 Å². The van der Waals surface area contributed by atoms with Crippen LogP contribution in [-0.2, 0) is 11.3 Å². The molecule has 4 nitrogen and oxygen atoms in total. The average Bonchev–Trinajstić information content (AvgIpc) is 2.48. The van der Waals surface area contributed by atoms with Gasteiger partial charge in [-0.25, -0.2) is 0 Å². The van der Waals surface area contributed by atoms with Crippen LogP contribution < -0.4 is 14.8 Å². The first-order chi connectivity index (χ1) is 10.2. The lowest BCUT2D eigenvalue weighted by Crippen LogP contribution is -2.14. The number of halogens is 1. The summed E-state index contributed by atoms with van der Waals surface area (Å²) in [4.78, 5) is 0. The fraction of sp³-hybridized carbons (Fsp3) is 0.625. The van der Waals surface area contributed by atoms with E-state index in [2.05, 4.69) is 12.2 Å². The van der Waals surface area contributed by atoms with E-state index in [1.807, 2.05) is 12.1 Å². The average molecular weight is 316 g/mol. The van der Waals surface area contributed by atoms with Gasteiger partial charge in [0, 0.05) is 20.3 Å². The molecule has 0 heterocycles. The summed E-state index contributed by atoms with van der Waals surface area (Å²) in [6, 6.07) is 3.90. The van der Waals surface area contributed by atoms with E-state index in [0.717, 1.165) is 44.5 Å². The van der Waals surface area contributed by atoms with Gasteiger partial charge in [0.15, 0.2) is 11.5 Å². The maximum Gasteiger partial charge on any atom is 0.179 e. The van der Waals surface area contributed by atoms with Crippen LogP contribution >= 0.6 is 11.6 Å². The Labute approximate surface area is 132 Å². The van der Waals surface area contributed by atoms with Crippen molar-refractivity contribution in [2.24, 2.45) is 0 Å². The minimum Gasteiger partial charge on any atom is -0.493 e. The molecular weight excluding hydrogens is 290 g/mol. The van der Waals surface area contributed by atoms with Crippen molar-refractivity contribution in [3.8, 4) is 11.5 Å². The first kappa shape index (κ1) is 18.1. The third-order valence-electron chi connectivity index (χ3n) is 3.03. The van der Waals surface area contributed by atoms with Crippen LogP contribution in [0.25, 0.3) is 0 Å². The third-order valence-corrected chi connectivity index (χ3v) is 3.32. The maximum atomic E-state index is 6.31. The van der Waals surface area contributed by atoms with E-state index in [4.69, 9.17) is 25.8 Å². The van der Waals surface area contributed by atoms with E-state index in [0.29, 0.717) is 23.1 Å². The molecule has 0 spiro atoms. The Bertz CT molecular complexity index is 413. The van der Waals surface area contributed by atoms with E-state index in [1.54, 1.807) is 14.2 Å². The monoisotopic (exact) mass is 315 g/mol. The van der Waals surface area contributed by atoms with Gasteiger partial charge in [-0.2, -0.15) is 0 Å². The molecule has 0 amide bonds. The molecule has 0 aliphatic heterocycles. The Morgan fingerprint density at radius 1 is 1.14 bits per heavy atom. The first-order valence-electron chi connectivity index (χ1n) is 7.41. The van der Waals surface area contributed by atoms with Crippen LogP contribution in [0.5, 0.6) is 11.5 Å². The fourth-order valence-electron chi connectivity index (χ4n) is 1.95. The minimum absolute atomic E-state index is 0.592. The highest BCUT2D eigenvalue weighted by Gasteiger charge is 2.11. The van der Waals surface area contributed by atoms with Crippen molar-refractivity contribution in [3.05, 3.63) is 22.7 Å².